The summed E-state index contributed by atoms with van der Waals surface area (Å²) in [5.74, 6) is 1.24. The van der Waals surface area contributed by atoms with Crippen molar-refractivity contribution in [3.8, 4) is 0 Å². The number of benzene rings is 2. The molecule has 0 saturated heterocycles. The van der Waals surface area contributed by atoms with Gasteiger partial charge in [-0.05, 0) is 55.2 Å². The lowest BCUT2D eigenvalue weighted by molar-refractivity contribution is 0.0963. The van der Waals surface area contributed by atoms with Crippen molar-refractivity contribution >= 4 is 23.5 Å². The molecule has 2 aromatic rings. The molecule has 2 unspecified atom stereocenters. The van der Waals surface area contributed by atoms with Crippen LogP contribution >= 0.6 is 11.6 Å². The molecule has 1 aliphatic carbocycles. The molecule has 1 saturated carbocycles. The van der Waals surface area contributed by atoms with Gasteiger partial charge < -0.3 is 16.0 Å². The first kappa shape index (κ1) is 20.2. The first-order chi connectivity index (χ1) is 13.6. The maximum atomic E-state index is 11.8. The molecule has 3 rings (SSSR count). The van der Waals surface area contributed by atoms with Gasteiger partial charge in [-0.25, -0.2) is 0 Å². The van der Waals surface area contributed by atoms with Crippen LogP contribution in [0.25, 0.3) is 0 Å². The fourth-order valence-electron chi connectivity index (χ4n) is 3.26. The molecule has 0 heterocycles. The van der Waals surface area contributed by atoms with Gasteiger partial charge in [0.1, 0.15) is 0 Å². The first-order valence-corrected chi connectivity index (χ1v) is 10.1. The predicted octanol–water partition coefficient (Wildman–Crippen LogP) is 3.35. The lowest BCUT2D eigenvalue weighted by Crippen LogP contribution is -2.39. The highest BCUT2D eigenvalue weighted by Crippen LogP contribution is 2.41. The van der Waals surface area contributed by atoms with Crippen LogP contribution in [-0.4, -0.2) is 38.0 Å². The Bertz CT molecular complexity index is 852. The zero-order valence-corrected chi connectivity index (χ0v) is 17.1. The molecule has 5 nitrogen and oxygen atoms in total. The van der Waals surface area contributed by atoms with Crippen molar-refractivity contribution < 1.29 is 4.79 Å². The van der Waals surface area contributed by atoms with Gasteiger partial charge in [-0.2, -0.15) is 0 Å². The smallest absolute Gasteiger partial charge is 0.251 e. The minimum Gasteiger partial charge on any atom is -0.357 e. The molecule has 2 atom stereocenters. The maximum absolute atomic E-state index is 11.8. The van der Waals surface area contributed by atoms with E-state index in [4.69, 9.17) is 16.6 Å². The van der Waals surface area contributed by atoms with Crippen LogP contribution in [0.2, 0.25) is 5.02 Å². The Morgan fingerprint density at radius 2 is 2.04 bits per heavy atom. The van der Waals surface area contributed by atoms with Crippen LogP contribution in [0.3, 0.4) is 0 Å². The summed E-state index contributed by atoms with van der Waals surface area (Å²) in [6.07, 6.45) is 1.86. The maximum Gasteiger partial charge on any atom is 0.251 e. The van der Waals surface area contributed by atoms with Crippen LogP contribution in [-0.2, 0) is 6.42 Å². The monoisotopic (exact) mass is 398 g/mol. The van der Waals surface area contributed by atoms with E-state index in [2.05, 4.69) is 28.9 Å². The van der Waals surface area contributed by atoms with E-state index in [0.29, 0.717) is 24.1 Å². The largest absolute Gasteiger partial charge is 0.357 e. The van der Waals surface area contributed by atoms with Gasteiger partial charge in [-0.3, -0.25) is 9.79 Å². The fourth-order valence-corrected chi connectivity index (χ4v) is 3.46. The summed E-state index contributed by atoms with van der Waals surface area (Å²) in [6.45, 7) is 3.53. The summed E-state index contributed by atoms with van der Waals surface area (Å²) < 4.78 is 0. The van der Waals surface area contributed by atoms with E-state index in [0.717, 1.165) is 35.9 Å². The second-order valence-electron chi connectivity index (χ2n) is 6.94. The van der Waals surface area contributed by atoms with E-state index in [1.807, 2.05) is 42.5 Å². The number of halogens is 1. The number of guanidine groups is 1. The zero-order chi connectivity index (χ0) is 19.9. The Morgan fingerprint density at radius 3 is 2.79 bits per heavy atom. The molecule has 148 valence electrons. The number of carbonyl (C=O) groups excluding carboxylic acids is 1. The van der Waals surface area contributed by atoms with E-state index in [1.165, 1.54) is 5.56 Å². The minimum absolute atomic E-state index is 0.0684. The fraction of sp³-hybridized carbons (Fsp3) is 0.364. The topological polar surface area (TPSA) is 65.5 Å². The highest BCUT2D eigenvalue weighted by atomic mass is 35.5. The van der Waals surface area contributed by atoms with Crippen LogP contribution in [0.4, 0.5) is 0 Å². The molecule has 28 heavy (non-hydrogen) atoms. The number of amides is 1. The normalized spacial score (nSPS) is 18.5. The lowest BCUT2D eigenvalue weighted by atomic mass is 10.1. The standard InChI is InChI=1S/C22H27ClN4O/c1-3-25-22(27-20-14-19(20)16-7-5-9-18(23)13-16)26-11-10-15-6-4-8-17(12-15)21(28)24-2/h4-9,12-13,19-20H,3,10-11,14H2,1-2H3,(H,24,28)(H2,25,26,27). The second-order valence-corrected chi connectivity index (χ2v) is 7.37. The van der Waals surface area contributed by atoms with Gasteiger partial charge in [0.15, 0.2) is 5.96 Å². The lowest BCUT2D eigenvalue weighted by Gasteiger charge is -2.11. The van der Waals surface area contributed by atoms with Crippen LogP contribution < -0.4 is 16.0 Å². The Morgan fingerprint density at radius 1 is 1.21 bits per heavy atom. The van der Waals surface area contributed by atoms with Gasteiger partial charge in [0.05, 0.1) is 0 Å². The van der Waals surface area contributed by atoms with Gasteiger partial charge >= 0.3 is 0 Å². The number of nitrogens with zero attached hydrogens (tertiary/aromatic N) is 1. The third-order valence-electron chi connectivity index (χ3n) is 4.82. The van der Waals surface area contributed by atoms with Gasteiger partial charge in [0.2, 0.25) is 0 Å². The molecule has 6 heteroatoms. The van der Waals surface area contributed by atoms with E-state index in [-0.39, 0.29) is 5.91 Å². The molecule has 0 bridgehead atoms. The van der Waals surface area contributed by atoms with Crippen LogP contribution in [0.1, 0.15) is 40.7 Å². The summed E-state index contributed by atoms with van der Waals surface area (Å²) in [5, 5.41) is 10.3. The summed E-state index contributed by atoms with van der Waals surface area (Å²) >= 11 is 6.11. The highest BCUT2D eigenvalue weighted by Gasteiger charge is 2.39. The van der Waals surface area contributed by atoms with Crippen LogP contribution in [0, 0.1) is 0 Å². The molecular formula is C22H27ClN4O. The highest BCUT2D eigenvalue weighted by molar-refractivity contribution is 6.30. The Labute approximate surface area is 171 Å². The van der Waals surface area contributed by atoms with Crippen molar-refractivity contribution in [3.05, 3.63) is 70.2 Å². The van der Waals surface area contributed by atoms with E-state index >= 15 is 0 Å². The van der Waals surface area contributed by atoms with Crippen molar-refractivity contribution in [2.45, 2.75) is 31.7 Å². The van der Waals surface area contributed by atoms with E-state index in [1.54, 1.807) is 7.05 Å². The Balaban J connectivity index is 1.56. The third kappa shape index (κ3) is 5.49. The predicted molar refractivity (Wildman–Crippen MR) is 115 cm³/mol. The molecule has 1 amide bonds. The summed E-state index contributed by atoms with van der Waals surface area (Å²) in [5.41, 5.74) is 3.05. The minimum atomic E-state index is -0.0684. The van der Waals surface area contributed by atoms with Gasteiger partial charge in [-0.1, -0.05) is 35.9 Å². The molecule has 1 aliphatic rings. The molecule has 0 aliphatic heterocycles. The average molecular weight is 399 g/mol. The SMILES string of the molecule is CCNC(=NCCc1cccc(C(=O)NC)c1)NC1CC1c1cccc(Cl)c1. The molecule has 0 spiro atoms. The average Bonchev–Trinajstić information content (AvgIpc) is 3.47. The van der Waals surface area contributed by atoms with Crippen LogP contribution in [0.15, 0.2) is 53.5 Å². The van der Waals surface area contributed by atoms with Gasteiger partial charge in [0.25, 0.3) is 5.91 Å². The number of rotatable bonds is 7. The van der Waals surface area contributed by atoms with Crippen molar-refractivity contribution in [2.24, 2.45) is 4.99 Å². The number of carbonyl (C=O) groups is 1. The van der Waals surface area contributed by atoms with Crippen molar-refractivity contribution in [1.82, 2.24) is 16.0 Å². The summed E-state index contributed by atoms with van der Waals surface area (Å²) in [7, 11) is 1.64. The Hall–Kier alpha value is -2.53. The van der Waals surface area contributed by atoms with Crippen LogP contribution in [0.5, 0.6) is 0 Å². The number of nitrogens with one attached hydrogen (secondary N) is 3. The third-order valence-corrected chi connectivity index (χ3v) is 5.06. The van der Waals surface area contributed by atoms with Gasteiger partial charge in [0, 0.05) is 42.7 Å². The van der Waals surface area contributed by atoms with Crippen molar-refractivity contribution in [3.63, 3.8) is 0 Å². The van der Waals surface area contributed by atoms with Crippen molar-refractivity contribution in [2.75, 3.05) is 20.1 Å². The molecular weight excluding hydrogens is 372 g/mol. The zero-order valence-electron chi connectivity index (χ0n) is 16.3. The molecule has 2 aromatic carbocycles. The number of hydrogen-bond donors (Lipinski definition) is 3. The van der Waals surface area contributed by atoms with E-state index in [9.17, 15) is 4.79 Å². The number of hydrogen-bond acceptors (Lipinski definition) is 2. The first-order valence-electron chi connectivity index (χ1n) is 9.72. The quantitative estimate of drug-likeness (QED) is 0.495. The molecule has 1 fully saturated rings. The molecule has 0 aromatic heterocycles. The summed E-state index contributed by atoms with van der Waals surface area (Å²) in [4.78, 5) is 16.5. The number of aliphatic imine (C=N–C) groups is 1. The van der Waals surface area contributed by atoms with E-state index < -0.39 is 0 Å². The van der Waals surface area contributed by atoms with Crippen molar-refractivity contribution in [1.29, 1.82) is 0 Å². The second kappa shape index (κ2) is 9.60. The molecule has 0 radical (unpaired) electrons. The van der Waals surface area contributed by atoms with Gasteiger partial charge in [-0.15, -0.1) is 0 Å². The molecule has 3 N–H and O–H groups in total. The Kier molecular flexibility index (Phi) is 6.93. The summed E-state index contributed by atoms with van der Waals surface area (Å²) in [6, 6.07) is 16.1.